The molecular formula is C10H19Cl. The number of alkyl halides is 1. The van der Waals surface area contributed by atoms with E-state index in [4.69, 9.17) is 11.6 Å². The summed E-state index contributed by atoms with van der Waals surface area (Å²) in [7, 11) is 0. The number of halogens is 1. The maximum Gasteiger partial charge on any atom is 0.0257 e. The molecule has 0 aromatic carbocycles. The minimum atomic E-state index is 0.633. The maximum atomic E-state index is 5.83. The van der Waals surface area contributed by atoms with Gasteiger partial charge in [0.05, 0.1) is 0 Å². The number of allylic oxidation sites excluding steroid dienone is 1. The van der Waals surface area contributed by atoms with Crippen molar-refractivity contribution in [2.24, 2.45) is 11.8 Å². The first-order chi connectivity index (χ1) is 5.26. The summed E-state index contributed by atoms with van der Waals surface area (Å²) in [5.41, 5.74) is 0. The average molecular weight is 175 g/mol. The molecule has 0 saturated heterocycles. The number of hydrogen-bond acceptors (Lipinski definition) is 0. The van der Waals surface area contributed by atoms with Crippen LogP contribution in [0.15, 0.2) is 12.7 Å². The fraction of sp³-hybridized carbons (Fsp3) is 0.800. The van der Waals surface area contributed by atoms with Crippen LogP contribution in [0.2, 0.25) is 0 Å². The van der Waals surface area contributed by atoms with Crippen LogP contribution in [-0.2, 0) is 0 Å². The fourth-order valence-electron chi connectivity index (χ4n) is 1.35. The molecule has 0 aliphatic rings. The zero-order valence-electron chi connectivity index (χ0n) is 7.65. The molecule has 0 saturated carbocycles. The third-order valence-electron chi connectivity index (χ3n) is 2.22. The normalized spacial score (nSPS) is 15.9. The van der Waals surface area contributed by atoms with E-state index >= 15 is 0 Å². The van der Waals surface area contributed by atoms with Crippen molar-refractivity contribution >= 4 is 11.6 Å². The van der Waals surface area contributed by atoms with Crippen LogP contribution in [0.3, 0.4) is 0 Å². The number of rotatable bonds is 6. The Kier molecular flexibility index (Phi) is 6.74. The molecule has 1 heteroatoms. The Morgan fingerprint density at radius 3 is 2.55 bits per heavy atom. The fourth-order valence-corrected chi connectivity index (χ4v) is 1.78. The van der Waals surface area contributed by atoms with Gasteiger partial charge in [-0.05, 0) is 18.3 Å². The Bertz CT molecular complexity index is 99.0. The minimum absolute atomic E-state index is 0.633. The first kappa shape index (κ1) is 11.0. The van der Waals surface area contributed by atoms with Gasteiger partial charge in [0.1, 0.15) is 0 Å². The first-order valence-corrected chi connectivity index (χ1v) is 4.96. The highest BCUT2D eigenvalue weighted by Crippen LogP contribution is 2.21. The summed E-state index contributed by atoms with van der Waals surface area (Å²) in [6.45, 7) is 8.23. The Morgan fingerprint density at radius 2 is 2.18 bits per heavy atom. The van der Waals surface area contributed by atoms with Crippen LogP contribution >= 0.6 is 11.6 Å². The summed E-state index contributed by atoms with van der Waals surface area (Å²) in [6.07, 6.45) is 5.57. The van der Waals surface area contributed by atoms with E-state index < -0.39 is 0 Å². The molecule has 0 radical (unpaired) electrons. The molecule has 0 nitrogen and oxygen atoms in total. The van der Waals surface area contributed by atoms with E-state index in [9.17, 15) is 0 Å². The predicted octanol–water partition coefficient (Wildman–Crippen LogP) is 3.85. The van der Waals surface area contributed by atoms with Crippen LogP contribution in [0.5, 0.6) is 0 Å². The van der Waals surface area contributed by atoms with E-state index in [1.807, 2.05) is 6.08 Å². The quantitative estimate of drug-likeness (QED) is 0.424. The van der Waals surface area contributed by atoms with Gasteiger partial charge in [0.25, 0.3) is 0 Å². The van der Waals surface area contributed by atoms with Crippen LogP contribution in [0.1, 0.15) is 33.1 Å². The highest BCUT2D eigenvalue weighted by Gasteiger charge is 2.13. The van der Waals surface area contributed by atoms with Crippen LogP contribution < -0.4 is 0 Å². The molecule has 0 aliphatic carbocycles. The van der Waals surface area contributed by atoms with Crippen LogP contribution in [-0.4, -0.2) is 5.88 Å². The highest BCUT2D eigenvalue weighted by molar-refractivity contribution is 6.18. The van der Waals surface area contributed by atoms with Crippen LogP contribution in [0, 0.1) is 11.8 Å². The lowest BCUT2D eigenvalue weighted by molar-refractivity contribution is 0.368. The molecule has 0 aliphatic heterocycles. The van der Waals surface area contributed by atoms with E-state index in [2.05, 4.69) is 20.4 Å². The largest absolute Gasteiger partial charge is 0.126 e. The molecule has 0 rings (SSSR count). The van der Waals surface area contributed by atoms with Gasteiger partial charge in [0.2, 0.25) is 0 Å². The van der Waals surface area contributed by atoms with E-state index in [0.717, 1.165) is 18.2 Å². The minimum Gasteiger partial charge on any atom is -0.126 e. The molecule has 0 N–H and O–H groups in total. The van der Waals surface area contributed by atoms with Crippen molar-refractivity contribution < 1.29 is 0 Å². The number of hydrogen-bond donors (Lipinski definition) is 0. The lowest BCUT2D eigenvalue weighted by Gasteiger charge is -2.19. The molecule has 0 fully saturated rings. The second kappa shape index (κ2) is 6.72. The molecule has 2 atom stereocenters. The molecule has 0 amide bonds. The van der Waals surface area contributed by atoms with Gasteiger partial charge in [-0.15, -0.1) is 18.2 Å². The monoisotopic (exact) mass is 174 g/mol. The Balaban J connectivity index is 3.70. The second-order valence-corrected chi connectivity index (χ2v) is 3.51. The van der Waals surface area contributed by atoms with Gasteiger partial charge in [-0.3, -0.25) is 0 Å². The Hall–Kier alpha value is 0.0300. The Morgan fingerprint density at radius 1 is 1.55 bits per heavy atom. The zero-order chi connectivity index (χ0) is 8.69. The van der Waals surface area contributed by atoms with Crippen molar-refractivity contribution in [1.82, 2.24) is 0 Å². The summed E-state index contributed by atoms with van der Waals surface area (Å²) < 4.78 is 0. The molecule has 0 bridgehead atoms. The summed E-state index contributed by atoms with van der Waals surface area (Å²) >= 11 is 5.83. The Labute approximate surface area is 75.6 Å². The van der Waals surface area contributed by atoms with Gasteiger partial charge in [-0.1, -0.05) is 32.8 Å². The van der Waals surface area contributed by atoms with E-state index in [0.29, 0.717) is 5.92 Å². The van der Waals surface area contributed by atoms with Crippen LogP contribution in [0.25, 0.3) is 0 Å². The summed E-state index contributed by atoms with van der Waals surface area (Å²) in [4.78, 5) is 0. The molecule has 0 spiro atoms. The smallest absolute Gasteiger partial charge is 0.0257 e. The van der Waals surface area contributed by atoms with Gasteiger partial charge in [0, 0.05) is 5.88 Å². The average Bonchev–Trinajstić information content (AvgIpc) is 2.00. The molecule has 0 aromatic rings. The van der Waals surface area contributed by atoms with Crippen molar-refractivity contribution in [3.63, 3.8) is 0 Å². The highest BCUT2D eigenvalue weighted by atomic mass is 35.5. The van der Waals surface area contributed by atoms with Gasteiger partial charge < -0.3 is 0 Å². The van der Waals surface area contributed by atoms with Crippen molar-refractivity contribution in [2.45, 2.75) is 33.1 Å². The standard InChI is InChI=1S/C10H19Cl/c1-4-6-9(3)10(8-11)7-5-2/h5,9-10H,2,4,6-8H2,1,3H3. The molecule has 0 aromatic heterocycles. The lowest BCUT2D eigenvalue weighted by Crippen LogP contribution is -2.12. The second-order valence-electron chi connectivity index (χ2n) is 3.20. The molecule has 0 heterocycles. The van der Waals surface area contributed by atoms with E-state index in [1.54, 1.807) is 0 Å². The van der Waals surface area contributed by atoms with Crippen molar-refractivity contribution in [3.8, 4) is 0 Å². The predicted molar refractivity (Wildman–Crippen MR) is 53.1 cm³/mol. The van der Waals surface area contributed by atoms with Gasteiger partial charge >= 0.3 is 0 Å². The summed E-state index contributed by atoms with van der Waals surface area (Å²) in [6, 6.07) is 0. The third-order valence-corrected chi connectivity index (χ3v) is 2.61. The molecule has 66 valence electrons. The van der Waals surface area contributed by atoms with Crippen LogP contribution in [0.4, 0.5) is 0 Å². The van der Waals surface area contributed by atoms with Crippen molar-refractivity contribution in [3.05, 3.63) is 12.7 Å². The topological polar surface area (TPSA) is 0 Å². The molecule has 11 heavy (non-hydrogen) atoms. The lowest BCUT2D eigenvalue weighted by atomic mass is 9.89. The van der Waals surface area contributed by atoms with E-state index in [1.165, 1.54) is 12.8 Å². The van der Waals surface area contributed by atoms with E-state index in [-0.39, 0.29) is 0 Å². The van der Waals surface area contributed by atoms with Gasteiger partial charge in [0.15, 0.2) is 0 Å². The molecular weight excluding hydrogens is 156 g/mol. The van der Waals surface area contributed by atoms with Crippen molar-refractivity contribution in [2.75, 3.05) is 5.88 Å². The van der Waals surface area contributed by atoms with Gasteiger partial charge in [-0.2, -0.15) is 0 Å². The summed E-state index contributed by atoms with van der Waals surface area (Å²) in [5, 5.41) is 0. The first-order valence-electron chi connectivity index (χ1n) is 4.43. The SMILES string of the molecule is C=CCC(CCl)C(C)CCC. The van der Waals surface area contributed by atoms with Gasteiger partial charge in [-0.25, -0.2) is 0 Å². The summed E-state index contributed by atoms with van der Waals surface area (Å²) in [5.74, 6) is 2.15. The van der Waals surface area contributed by atoms with Crippen molar-refractivity contribution in [1.29, 1.82) is 0 Å². The molecule has 2 unspecified atom stereocenters. The maximum absolute atomic E-state index is 5.83. The zero-order valence-corrected chi connectivity index (χ0v) is 8.40. The third kappa shape index (κ3) is 4.47.